The second-order valence-electron chi connectivity index (χ2n) is 5.17. The zero-order valence-corrected chi connectivity index (χ0v) is 16.0. The maximum Gasteiger partial charge on any atom is 0.272 e. The summed E-state index contributed by atoms with van der Waals surface area (Å²) in [5.41, 5.74) is 4.92. The molecule has 0 fully saturated rings. The van der Waals surface area contributed by atoms with Crippen molar-refractivity contribution in [3.63, 3.8) is 0 Å². The van der Waals surface area contributed by atoms with Crippen LogP contribution in [0.1, 0.15) is 27.6 Å². The van der Waals surface area contributed by atoms with E-state index in [4.69, 9.17) is 14.2 Å². The highest BCUT2D eigenvalue weighted by molar-refractivity contribution is 7.14. The lowest BCUT2D eigenvalue weighted by atomic mass is 10.1. The molecule has 0 aliphatic heterocycles. The zero-order valence-electron chi connectivity index (χ0n) is 15.2. The lowest BCUT2D eigenvalue weighted by Gasteiger charge is -2.14. The van der Waals surface area contributed by atoms with E-state index in [0.717, 1.165) is 0 Å². The molecule has 10 heteroatoms. The molecule has 0 unspecified atom stereocenters. The van der Waals surface area contributed by atoms with Gasteiger partial charge in [-0.1, -0.05) is 0 Å². The minimum Gasteiger partial charge on any atom is -0.493 e. The molecule has 1 aromatic carbocycles. The molecule has 0 aliphatic carbocycles. The van der Waals surface area contributed by atoms with Crippen LogP contribution in [0.25, 0.3) is 0 Å². The Labute approximate surface area is 159 Å². The van der Waals surface area contributed by atoms with Crippen LogP contribution >= 0.6 is 11.3 Å². The van der Waals surface area contributed by atoms with Gasteiger partial charge >= 0.3 is 0 Å². The number of nitrogens with one attached hydrogen (secondary N) is 3. The van der Waals surface area contributed by atoms with E-state index in [9.17, 15) is 14.4 Å². The number of ether oxygens (including phenoxy) is 3. The second-order valence-corrected chi connectivity index (χ2v) is 6.08. The van der Waals surface area contributed by atoms with E-state index in [2.05, 4.69) is 16.2 Å². The molecular formula is C17H19N3O6S. The largest absolute Gasteiger partial charge is 0.493 e. The van der Waals surface area contributed by atoms with Gasteiger partial charge in [0.15, 0.2) is 11.5 Å². The molecule has 9 nitrogen and oxygen atoms in total. The van der Waals surface area contributed by atoms with Crippen LogP contribution in [-0.4, -0.2) is 39.1 Å². The number of hydrogen-bond acceptors (Lipinski definition) is 7. The number of anilines is 1. The number of thiophene rings is 1. The molecule has 0 saturated heterocycles. The number of benzene rings is 1. The van der Waals surface area contributed by atoms with Gasteiger partial charge in [-0.3, -0.25) is 25.2 Å². The lowest BCUT2D eigenvalue weighted by Crippen LogP contribution is -2.40. The molecule has 2 rings (SSSR count). The van der Waals surface area contributed by atoms with Crippen LogP contribution in [0.5, 0.6) is 17.2 Å². The highest BCUT2D eigenvalue weighted by Gasteiger charge is 2.20. The number of amides is 3. The maximum atomic E-state index is 12.6. The van der Waals surface area contributed by atoms with Crippen molar-refractivity contribution in [2.45, 2.75) is 6.92 Å². The van der Waals surface area contributed by atoms with Crippen molar-refractivity contribution in [3.05, 3.63) is 34.7 Å². The Kier molecular flexibility index (Phi) is 6.61. The van der Waals surface area contributed by atoms with Crippen molar-refractivity contribution in [2.24, 2.45) is 0 Å². The molecule has 0 atom stereocenters. The molecule has 0 saturated carbocycles. The molecule has 2 aromatic rings. The molecule has 3 amide bonds. The van der Waals surface area contributed by atoms with E-state index in [1.165, 1.54) is 57.8 Å². The third-order valence-electron chi connectivity index (χ3n) is 3.42. The van der Waals surface area contributed by atoms with E-state index in [0.29, 0.717) is 22.2 Å². The molecule has 27 heavy (non-hydrogen) atoms. The van der Waals surface area contributed by atoms with Crippen LogP contribution in [0.4, 0.5) is 5.00 Å². The first-order valence-electron chi connectivity index (χ1n) is 7.67. The summed E-state index contributed by atoms with van der Waals surface area (Å²) in [4.78, 5) is 35.6. The fraction of sp³-hybridized carbons (Fsp3) is 0.235. The lowest BCUT2D eigenvalue weighted by molar-refractivity contribution is -0.119. The summed E-state index contributed by atoms with van der Waals surface area (Å²) >= 11 is 1.17. The standard InChI is InChI=1S/C17H19N3O6S/c1-9(21)19-20-16(23)11-5-6-27-17(11)18-15(22)10-7-12(24-2)14(26-4)13(8-10)25-3/h5-8H,1-4H3,(H,18,22)(H,19,21)(H,20,23). The van der Waals surface area contributed by atoms with E-state index >= 15 is 0 Å². The molecule has 3 N–H and O–H groups in total. The number of rotatable bonds is 6. The van der Waals surface area contributed by atoms with Crippen molar-refractivity contribution in [3.8, 4) is 17.2 Å². The van der Waals surface area contributed by atoms with Gasteiger partial charge in [0.25, 0.3) is 11.8 Å². The second kappa shape index (κ2) is 8.90. The van der Waals surface area contributed by atoms with E-state index in [-0.39, 0.29) is 11.1 Å². The first kappa shape index (κ1) is 20.0. The van der Waals surface area contributed by atoms with Crippen LogP contribution in [0.2, 0.25) is 0 Å². The molecule has 1 aromatic heterocycles. The van der Waals surface area contributed by atoms with Crippen LogP contribution in [-0.2, 0) is 4.79 Å². The third-order valence-corrected chi connectivity index (χ3v) is 4.25. The van der Waals surface area contributed by atoms with Gasteiger partial charge in [0.2, 0.25) is 11.7 Å². The Morgan fingerprint density at radius 3 is 2.07 bits per heavy atom. The van der Waals surface area contributed by atoms with E-state index < -0.39 is 17.7 Å². The Morgan fingerprint density at radius 2 is 1.56 bits per heavy atom. The van der Waals surface area contributed by atoms with Crippen LogP contribution in [0, 0.1) is 0 Å². The van der Waals surface area contributed by atoms with Gasteiger partial charge in [-0.25, -0.2) is 0 Å². The van der Waals surface area contributed by atoms with E-state index in [1.54, 1.807) is 5.38 Å². The topological polar surface area (TPSA) is 115 Å². The number of hydrogen-bond donors (Lipinski definition) is 3. The van der Waals surface area contributed by atoms with Crippen molar-refractivity contribution >= 4 is 34.1 Å². The van der Waals surface area contributed by atoms with Crippen LogP contribution in [0.15, 0.2) is 23.6 Å². The predicted molar refractivity (Wildman–Crippen MR) is 99.7 cm³/mol. The molecule has 0 bridgehead atoms. The monoisotopic (exact) mass is 393 g/mol. The molecular weight excluding hydrogens is 374 g/mol. The average Bonchev–Trinajstić information content (AvgIpc) is 3.12. The highest BCUT2D eigenvalue weighted by Crippen LogP contribution is 2.38. The minimum absolute atomic E-state index is 0.217. The Balaban J connectivity index is 2.25. The maximum absolute atomic E-state index is 12.6. The highest BCUT2D eigenvalue weighted by atomic mass is 32.1. The van der Waals surface area contributed by atoms with Crippen molar-refractivity contribution in [1.82, 2.24) is 10.9 Å². The quantitative estimate of drug-likeness (QED) is 0.645. The first-order valence-corrected chi connectivity index (χ1v) is 8.55. The van der Waals surface area contributed by atoms with Crippen molar-refractivity contribution < 1.29 is 28.6 Å². The number of hydrazine groups is 1. The predicted octanol–water partition coefficient (Wildman–Crippen LogP) is 1.81. The average molecular weight is 393 g/mol. The SMILES string of the molecule is COc1cc(C(=O)Nc2sccc2C(=O)NNC(C)=O)cc(OC)c1OC. The van der Waals surface area contributed by atoms with Gasteiger partial charge in [0.1, 0.15) is 5.00 Å². The number of carbonyl (C=O) groups is 3. The fourth-order valence-electron chi connectivity index (χ4n) is 2.18. The normalized spacial score (nSPS) is 9.93. The van der Waals surface area contributed by atoms with Crippen molar-refractivity contribution in [1.29, 1.82) is 0 Å². The molecule has 0 aliphatic rings. The van der Waals surface area contributed by atoms with Gasteiger partial charge in [-0.05, 0) is 23.6 Å². The molecule has 0 radical (unpaired) electrons. The van der Waals surface area contributed by atoms with Crippen LogP contribution in [0.3, 0.4) is 0 Å². The van der Waals surface area contributed by atoms with Crippen LogP contribution < -0.4 is 30.4 Å². The smallest absolute Gasteiger partial charge is 0.272 e. The van der Waals surface area contributed by atoms with Gasteiger partial charge < -0.3 is 19.5 Å². The molecule has 1 heterocycles. The van der Waals surface area contributed by atoms with Gasteiger partial charge in [-0.2, -0.15) is 0 Å². The minimum atomic E-state index is -0.549. The molecule has 144 valence electrons. The summed E-state index contributed by atoms with van der Waals surface area (Å²) in [6.45, 7) is 1.26. The summed E-state index contributed by atoms with van der Waals surface area (Å²) in [6, 6.07) is 4.54. The summed E-state index contributed by atoms with van der Waals surface area (Å²) < 4.78 is 15.7. The Morgan fingerprint density at radius 1 is 0.926 bits per heavy atom. The summed E-state index contributed by atoms with van der Waals surface area (Å²) in [5.74, 6) is -0.407. The molecule has 0 spiro atoms. The van der Waals surface area contributed by atoms with Crippen molar-refractivity contribution in [2.75, 3.05) is 26.6 Å². The zero-order chi connectivity index (χ0) is 20.0. The van der Waals surface area contributed by atoms with Gasteiger partial charge in [-0.15, -0.1) is 11.3 Å². The Bertz CT molecular complexity index is 839. The summed E-state index contributed by atoms with van der Waals surface area (Å²) in [5, 5.41) is 4.65. The van der Waals surface area contributed by atoms with Gasteiger partial charge in [0, 0.05) is 12.5 Å². The fourth-order valence-corrected chi connectivity index (χ4v) is 2.96. The Hall–Kier alpha value is -3.27. The third kappa shape index (κ3) is 4.67. The number of carbonyl (C=O) groups excluding carboxylic acids is 3. The van der Waals surface area contributed by atoms with Gasteiger partial charge in [0.05, 0.1) is 26.9 Å². The summed E-state index contributed by atoms with van der Waals surface area (Å²) in [7, 11) is 4.36. The van der Waals surface area contributed by atoms with E-state index in [1.807, 2.05) is 0 Å². The number of methoxy groups -OCH3 is 3. The summed E-state index contributed by atoms with van der Waals surface area (Å²) in [6.07, 6.45) is 0. The first-order chi connectivity index (χ1) is 12.9.